The number of aromatic nitrogens is 4. The summed E-state index contributed by atoms with van der Waals surface area (Å²) in [6.07, 6.45) is 6.10. The van der Waals surface area contributed by atoms with Gasteiger partial charge in [-0.2, -0.15) is 5.10 Å². The first kappa shape index (κ1) is 11.2. The molecule has 0 atom stereocenters. The van der Waals surface area contributed by atoms with Gasteiger partial charge in [0.15, 0.2) is 5.82 Å². The van der Waals surface area contributed by atoms with E-state index in [0.29, 0.717) is 5.82 Å². The van der Waals surface area contributed by atoms with Crippen LogP contribution in [0.4, 0.5) is 5.82 Å². The van der Waals surface area contributed by atoms with Gasteiger partial charge in [-0.15, -0.1) is 0 Å². The maximum Gasteiger partial charge on any atom is 0.180 e. The zero-order valence-electron chi connectivity index (χ0n) is 10.3. The van der Waals surface area contributed by atoms with Gasteiger partial charge in [0.2, 0.25) is 0 Å². The molecule has 18 heavy (non-hydrogen) atoms. The van der Waals surface area contributed by atoms with Gasteiger partial charge in [0.25, 0.3) is 0 Å². The minimum atomic E-state index is 0.684. The molecule has 6 heteroatoms. The molecule has 0 bridgehead atoms. The Hall–Kier alpha value is -1.95. The minimum Gasteiger partial charge on any atom is -0.308 e. The fourth-order valence-corrected chi connectivity index (χ4v) is 2.42. The lowest BCUT2D eigenvalue weighted by molar-refractivity contribution is 0.663. The molecule has 3 N–H and O–H groups in total. The second-order valence-corrected chi connectivity index (χ2v) is 4.51. The Morgan fingerprint density at radius 1 is 1.28 bits per heavy atom. The Kier molecular flexibility index (Phi) is 2.71. The van der Waals surface area contributed by atoms with E-state index in [9.17, 15) is 0 Å². The number of hydrazine groups is 1. The van der Waals surface area contributed by atoms with E-state index in [1.54, 1.807) is 10.9 Å². The van der Waals surface area contributed by atoms with Crippen LogP contribution in [0.15, 0.2) is 12.3 Å². The Morgan fingerprint density at radius 2 is 2.11 bits per heavy atom. The molecular weight excluding hydrogens is 228 g/mol. The van der Waals surface area contributed by atoms with E-state index in [1.165, 1.54) is 12.8 Å². The van der Waals surface area contributed by atoms with E-state index in [4.69, 9.17) is 5.84 Å². The van der Waals surface area contributed by atoms with Crippen molar-refractivity contribution in [2.24, 2.45) is 12.9 Å². The highest BCUT2D eigenvalue weighted by atomic mass is 15.3. The predicted molar refractivity (Wildman–Crippen MR) is 68.7 cm³/mol. The SMILES string of the molecule is Cn1nccc1-c1nc2c(c(NN)n1)CCCC2. The number of hydrogen-bond acceptors (Lipinski definition) is 5. The van der Waals surface area contributed by atoms with Crippen LogP contribution in [0.25, 0.3) is 11.5 Å². The molecule has 0 saturated heterocycles. The molecule has 6 nitrogen and oxygen atoms in total. The molecule has 2 heterocycles. The smallest absolute Gasteiger partial charge is 0.180 e. The molecule has 94 valence electrons. The topological polar surface area (TPSA) is 81.7 Å². The average molecular weight is 244 g/mol. The molecule has 0 saturated carbocycles. The minimum absolute atomic E-state index is 0.684. The standard InChI is InChI=1S/C12H16N6/c1-18-10(6-7-14-18)12-15-9-5-3-2-4-8(9)11(16-12)17-13/h6-7H,2-5,13H2,1H3,(H,15,16,17). The van der Waals surface area contributed by atoms with E-state index < -0.39 is 0 Å². The van der Waals surface area contributed by atoms with E-state index in [0.717, 1.165) is 35.6 Å². The summed E-state index contributed by atoms with van der Waals surface area (Å²) in [4.78, 5) is 9.16. The van der Waals surface area contributed by atoms with Crippen molar-refractivity contribution in [2.75, 3.05) is 5.43 Å². The Balaban J connectivity index is 2.14. The highest BCUT2D eigenvalue weighted by molar-refractivity contribution is 5.57. The van der Waals surface area contributed by atoms with Crippen LogP contribution in [-0.4, -0.2) is 19.7 Å². The Bertz CT molecular complexity index is 557. The highest BCUT2D eigenvalue weighted by Crippen LogP contribution is 2.27. The fraction of sp³-hybridized carbons (Fsp3) is 0.417. The van der Waals surface area contributed by atoms with Crippen molar-refractivity contribution in [3.05, 3.63) is 23.5 Å². The summed E-state index contributed by atoms with van der Waals surface area (Å²) in [5.74, 6) is 7.00. The molecular formula is C12H16N6. The number of nitrogen functional groups attached to an aromatic ring is 1. The number of rotatable bonds is 2. The molecule has 0 amide bonds. The quantitative estimate of drug-likeness (QED) is 0.609. The van der Waals surface area contributed by atoms with Crippen molar-refractivity contribution >= 4 is 5.82 Å². The van der Waals surface area contributed by atoms with Crippen LogP contribution in [0, 0.1) is 0 Å². The first-order valence-electron chi connectivity index (χ1n) is 6.14. The lowest BCUT2D eigenvalue weighted by Crippen LogP contribution is -2.17. The van der Waals surface area contributed by atoms with Gasteiger partial charge in [-0.05, 0) is 31.7 Å². The molecule has 1 aliphatic rings. The normalized spacial score (nSPS) is 14.3. The van der Waals surface area contributed by atoms with Gasteiger partial charge in [0.05, 0.1) is 0 Å². The molecule has 2 aromatic rings. The van der Waals surface area contributed by atoms with Gasteiger partial charge in [-0.3, -0.25) is 4.68 Å². The van der Waals surface area contributed by atoms with Crippen LogP contribution in [-0.2, 0) is 19.9 Å². The maximum atomic E-state index is 5.57. The van der Waals surface area contributed by atoms with Gasteiger partial charge >= 0.3 is 0 Å². The fourth-order valence-electron chi connectivity index (χ4n) is 2.42. The van der Waals surface area contributed by atoms with Crippen molar-refractivity contribution in [3.63, 3.8) is 0 Å². The second kappa shape index (κ2) is 4.38. The first-order chi connectivity index (χ1) is 8.79. The summed E-state index contributed by atoms with van der Waals surface area (Å²) < 4.78 is 1.77. The second-order valence-electron chi connectivity index (χ2n) is 4.51. The van der Waals surface area contributed by atoms with Gasteiger partial charge in [-0.25, -0.2) is 15.8 Å². The van der Waals surface area contributed by atoms with Crippen molar-refractivity contribution in [1.82, 2.24) is 19.7 Å². The van der Waals surface area contributed by atoms with Crippen LogP contribution in [0.1, 0.15) is 24.1 Å². The van der Waals surface area contributed by atoms with E-state index >= 15 is 0 Å². The summed E-state index contributed by atoms with van der Waals surface area (Å²) in [5, 5.41) is 4.15. The van der Waals surface area contributed by atoms with Crippen molar-refractivity contribution in [2.45, 2.75) is 25.7 Å². The molecule has 0 fully saturated rings. The van der Waals surface area contributed by atoms with Crippen LogP contribution in [0.2, 0.25) is 0 Å². The van der Waals surface area contributed by atoms with Crippen LogP contribution in [0.3, 0.4) is 0 Å². The number of hydrogen-bond donors (Lipinski definition) is 2. The lowest BCUT2D eigenvalue weighted by Gasteiger charge is -2.18. The summed E-state index contributed by atoms with van der Waals surface area (Å²) in [6, 6.07) is 1.91. The predicted octanol–water partition coefficient (Wildman–Crippen LogP) is 1.04. The largest absolute Gasteiger partial charge is 0.308 e. The molecule has 0 spiro atoms. The monoisotopic (exact) mass is 244 g/mol. The first-order valence-corrected chi connectivity index (χ1v) is 6.14. The molecule has 1 aliphatic carbocycles. The van der Waals surface area contributed by atoms with Crippen molar-refractivity contribution < 1.29 is 0 Å². The zero-order valence-corrected chi connectivity index (χ0v) is 10.3. The molecule has 0 unspecified atom stereocenters. The third-order valence-corrected chi connectivity index (χ3v) is 3.37. The Labute approximate surface area is 105 Å². The number of nitrogens with zero attached hydrogens (tertiary/aromatic N) is 4. The van der Waals surface area contributed by atoms with Crippen LogP contribution >= 0.6 is 0 Å². The average Bonchev–Trinajstić information content (AvgIpc) is 2.83. The summed E-state index contributed by atoms with van der Waals surface area (Å²) in [6.45, 7) is 0. The van der Waals surface area contributed by atoms with Crippen LogP contribution < -0.4 is 11.3 Å². The third kappa shape index (κ3) is 1.74. The maximum absolute atomic E-state index is 5.57. The molecule has 0 aliphatic heterocycles. The van der Waals surface area contributed by atoms with Gasteiger partial charge in [0.1, 0.15) is 11.5 Å². The number of nitrogens with two attached hydrogens (primary N) is 1. The van der Waals surface area contributed by atoms with E-state index in [2.05, 4.69) is 20.5 Å². The van der Waals surface area contributed by atoms with Gasteiger partial charge in [0, 0.05) is 24.5 Å². The highest BCUT2D eigenvalue weighted by Gasteiger charge is 2.18. The zero-order chi connectivity index (χ0) is 12.5. The number of aryl methyl sites for hydroxylation is 2. The lowest BCUT2D eigenvalue weighted by atomic mass is 9.96. The molecule has 0 aromatic carbocycles. The number of anilines is 1. The Morgan fingerprint density at radius 3 is 2.83 bits per heavy atom. The molecule has 2 aromatic heterocycles. The van der Waals surface area contributed by atoms with Crippen molar-refractivity contribution in [1.29, 1.82) is 0 Å². The molecule has 0 radical (unpaired) electrons. The van der Waals surface area contributed by atoms with Crippen LogP contribution in [0.5, 0.6) is 0 Å². The van der Waals surface area contributed by atoms with Gasteiger partial charge in [-0.1, -0.05) is 0 Å². The third-order valence-electron chi connectivity index (χ3n) is 3.37. The molecule has 3 rings (SSSR count). The van der Waals surface area contributed by atoms with E-state index in [-0.39, 0.29) is 0 Å². The van der Waals surface area contributed by atoms with E-state index in [1.807, 2.05) is 13.1 Å². The summed E-state index contributed by atoms with van der Waals surface area (Å²) in [5.41, 5.74) is 5.87. The summed E-state index contributed by atoms with van der Waals surface area (Å²) >= 11 is 0. The summed E-state index contributed by atoms with van der Waals surface area (Å²) in [7, 11) is 1.88. The van der Waals surface area contributed by atoms with Gasteiger partial charge < -0.3 is 5.43 Å². The number of nitrogens with one attached hydrogen (secondary N) is 1. The number of fused-ring (bicyclic) bond motifs is 1. The van der Waals surface area contributed by atoms with Crippen molar-refractivity contribution in [3.8, 4) is 11.5 Å².